The van der Waals surface area contributed by atoms with Gasteiger partial charge in [0.05, 0.1) is 18.1 Å². The number of hydrogen-bond acceptors (Lipinski definition) is 8. The Hall–Kier alpha value is -3.57. The van der Waals surface area contributed by atoms with Crippen molar-refractivity contribution in [1.29, 1.82) is 0 Å². The van der Waals surface area contributed by atoms with Gasteiger partial charge in [0.15, 0.2) is 11.6 Å². The van der Waals surface area contributed by atoms with Gasteiger partial charge in [-0.05, 0) is 42.9 Å². The molecule has 3 aromatic rings. The van der Waals surface area contributed by atoms with Crippen molar-refractivity contribution in [3.63, 3.8) is 0 Å². The summed E-state index contributed by atoms with van der Waals surface area (Å²) < 4.78 is 41.5. The van der Waals surface area contributed by atoms with Crippen molar-refractivity contribution in [1.82, 2.24) is 19.9 Å². The third-order valence-electron chi connectivity index (χ3n) is 6.83. The second kappa shape index (κ2) is 9.14. The highest BCUT2D eigenvalue weighted by atomic mass is 19.1. The highest BCUT2D eigenvalue weighted by Gasteiger charge is 2.38. The zero-order chi connectivity index (χ0) is 24.8. The first-order valence-corrected chi connectivity index (χ1v) is 12.0. The van der Waals surface area contributed by atoms with Crippen LogP contribution in [-0.2, 0) is 0 Å². The Morgan fingerprint density at radius 3 is 2.72 bits per heavy atom. The molecule has 6 rings (SSSR count). The van der Waals surface area contributed by atoms with Crippen molar-refractivity contribution in [2.75, 3.05) is 23.7 Å². The molecule has 1 saturated carbocycles. The van der Waals surface area contributed by atoms with Crippen molar-refractivity contribution >= 4 is 23.2 Å². The summed E-state index contributed by atoms with van der Waals surface area (Å²) in [6.07, 6.45) is 7.40. The minimum Gasteiger partial charge on any atom is -0.338 e. The lowest BCUT2D eigenvalue weighted by Crippen LogP contribution is -2.51. The van der Waals surface area contributed by atoms with E-state index in [0.29, 0.717) is 42.6 Å². The minimum absolute atomic E-state index is 0.135. The largest absolute Gasteiger partial charge is 0.338 e. The van der Waals surface area contributed by atoms with E-state index >= 15 is 0 Å². The average molecular weight is 495 g/mol. The number of fused-ring (bicyclic) bond motifs is 1. The lowest BCUT2D eigenvalue weighted by Gasteiger charge is -2.40. The Labute approximate surface area is 205 Å². The number of rotatable bonds is 5. The molecule has 3 aromatic heterocycles. The summed E-state index contributed by atoms with van der Waals surface area (Å²) in [6.45, 7) is 0.938. The predicted molar refractivity (Wildman–Crippen MR) is 130 cm³/mol. The first kappa shape index (κ1) is 22.9. The van der Waals surface area contributed by atoms with Gasteiger partial charge in [-0.15, -0.1) is 0 Å². The van der Waals surface area contributed by atoms with Crippen LogP contribution in [0.4, 0.5) is 30.5 Å². The van der Waals surface area contributed by atoms with Gasteiger partial charge in [0.25, 0.3) is 0 Å². The molecule has 2 fully saturated rings. The number of halogens is 3. The number of hydrogen-bond donors (Lipinski definition) is 3. The predicted octanol–water partition coefficient (Wildman–Crippen LogP) is 4.01. The van der Waals surface area contributed by atoms with Crippen LogP contribution in [0.3, 0.4) is 0 Å². The van der Waals surface area contributed by atoms with Gasteiger partial charge in [0.2, 0.25) is 0 Å². The molecule has 2 aliphatic heterocycles. The molecule has 0 aromatic carbocycles. The fourth-order valence-electron chi connectivity index (χ4n) is 4.83. The maximum Gasteiger partial charge on any atom is 0.168 e. The fourth-order valence-corrected chi connectivity index (χ4v) is 4.83. The SMILES string of the molecule is NC1CN(C2N=C(c3ccnc(Nc4ncc(F)cc4F)c3)Nc3cncc(C4CC4)c32)CCC1F. The van der Waals surface area contributed by atoms with Gasteiger partial charge in [-0.25, -0.2) is 28.1 Å². The number of anilines is 3. The molecule has 3 aliphatic rings. The molecule has 5 heterocycles. The molecule has 4 N–H and O–H groups in total. The molecule has 1 aliphatic carbocycles. The second-order valence-corrected chi connectivity index (χ2v) is 9.44. The van der Waals surface area contributed by atoms with E-state index in [-0.39, 0.29) is 12.0 Å². The fraction of sp³-hybridized carbons (Fsp3) is 0.360. The number of aliphatic imine (C=N–C) groups is 1. The zero-order valence-corrected chi connectivity index (χ0v) is 19.3. The van der Waals surface area contributed by atoms with E-state index in [2.05, 4.69) is 30.5 Å². The molecule has 3 unspecified atom stereocenters. The monoisotopic (exact) mass is 494 g/mol. The summed E-state index contributed by atoms with van der Waals surface area (Å²) in [7, 11) is 0. The van der Waals surface area contributed by atoms with Gasteiger partial charge in [-0.2, -0.15) is 0 Å². The summed E-state index contributed by atoms with van der Waals surface area (Å²) in [5, 5.41) is 6.18. The smallest absolute Gasteiger partial charge is 0.168 e. The quantitative estimate of drug-likeness (QED) is 0.492. The molecule has 3 atom stereocenters. The Bertz CT molecular complexity index is 1330. The Balaban J connectivity index is 1.36. The molecule has 0 bridgehead atoms. The minimum atomic E-state index is -1.03. The van der Waals surface area contributed by atoms with Crippen molar-refractivity contribution < 1.29 is 13.2 Å². The first-order valence-electron chi connectivity index (χ1n) is 12.0. The number of aromatic nitrogens is 3. The van der Waals surface area contributed by atoms with E-state index < -0.39 is 23.8 Å². The maximum absolute atomic E-state index is 14.2. The van der Waals surface area contributed by atoms with E-state index in [4.69, 9.17) is 10.7 Å². The summed E-state index contributed by atoms with van der Waals surface area (Å²) in [5.74, 6) is -0.366. The van der Waals surface area contributed by atoms with E-state index in [9.17, 15) is 13.2 Å². The van der Waals surface area contributed by atoms with Crippen molar-refractivity contribution in [3.8, 4) is 0 Å². The topological polar surface area (TPSA) is 104 Å². The van der Waals surface area contributed by atoms with E-state index in [1.807, 2.05) is 6.20 Å². The van der Waals surface area contributed by atoms with E-state index in [0.717, 1.165) is 36.4 Å². The highest BCUT2D eigenvalue weighted by molar-refractivity contribution is 6.10. The van der Waals surface area contributed by atoms with Crippen LogP contribution in [0.1, 0.15) is 48.0 Å². The van der Waals surface area contributed by atoms with Crippen LogP contribution >= 0.6 is 0 Å². The van der Waals surface area contributed by atoms with Crippen LogP contribution in [0, 0.1) is 11.6 Å². The van der Waals surface area contributed by atoms with Gasteiger partial charge >= 0.3 is 0 Å². The Morgan fingerprint density at radius 1 is 1.08 bits per heavy atom. The molecular weight excluding hydrogens is 469 g/mol. The van der Waals surface area contributed by atoms with Gasteiger partial charge in [-0.1, -0.05) is 0 Å². The summed E-state index contributed by atoms with van der Waals surface area (Å²) >= 11 is 0. The standard InChI is InChI=1S/C25H25F3N8/c26-15-8-18(28)24(32-9-15)34-21-7-14(3-5-31-21)23-33-20-11-30-10-16(13-1-2-13)22(20)25(35-23)36-6-4-17(27)19(29)12-36/h3,5,7-11,13,17,19,25H,1-2,4,6,12,29H2,(H,33,35)(H,31,32,34). The van der Waals surface area contributed by atoms with Gasteiger partial charge in [0.1, 0.15) is 29.8 Å². The molecule has 36 heavy (non-hydrogen) atoms. The lowest BCUT2D eigenvalue weighted by atomic mass is 9.96. The number of nitrogens with two attached hydrogens (primary N) is 1. The van der Waals surface area contributed by atoms with Crippen molar-refractivity contribution in [2.24, 2.45) is 10.7 Å². The van der Waals surface area contributed by atoms with Crippen LogP contribution in [0.25, 0.3) is 0 Å². The van der Waals surface area contributed by atoms with Crippen LogP contribution in [0.2, 0.25) is 0 Å². The number of likely N-dealkylation sites (tertiary alicyclic amines) is 1. The number of alkyl halides is 1. The van der Waals surface area contributed by atoms with Gasteiger partial charge < -0.3 is 16.4 Å². The maximum atomic E-state index is 14.2. The van der Waals surface area contributed by atoms with Crippen molar-refractivity contribution in [3.05, 3.63) is 71.3 Å². The van der Waals surface area contributed by atoms with E-state index in [1.54, 1.807) is 24.5 Å². The Morgan fingerprint density at radius 2 is 1.94 bits per heavy atom. The third kappa shape index (κ3) is 4.40. The molecule has 8 nitrogen and oxygen atoms in total. The molecule has 0 spiro atoms. The second-order valence-electron chi connectivity index (χ2n) is 9.44. The molecule has 11 heteroatoms. The number of piperidine rings is 1. The van der Waals surface area contributed by atoms with Gasteiger partial charge in [0, 0.05) is 48.7 Å². The number of pyridine rings is 3. The number of nitrogens with zero attached hydrogens (tertiary/aromatic N) is 5. The summed E-state index contributed by atoms with van der Waals surface area (Å²) in [6, 6.07) is 3.67. The number of amidine groups is 1. The van der Waals surface area contributed by atoms with Gasteiger partial charge in [-0.3, -0.25) is 9.88 Å². The summed E-state index contributed by atoms with van der Waals surface area (Å²) in [4.78, 5) is 19.6. The molecule has 1 saturated heterocycles. The van der Waals surface area contributed by atoms with Crippen LogP contribution in [0.15, 0.2) is 48.0 Å². The molecule has 186 valence electrons. The molecule has 0 amide bonds. The Kier molecular flexibility index (Phi) is 5.81. The zero-order valence-electron chi connectivity index (χ0n) is 19.3. The van der Waals surface area contributed by atoms with Crippen LogP contribution in [0.5, 0.6) is 0 Å². The number of nitrogens with one attached hydrogen (secondary N) is 2. The lowest BCUT2D eigenvalue weighted by molar-refractivity contribution is 0.0945. The van der Waals surface area contributed by atoms with Crippen molar-refractivity contribution in [2.45, 2.75) is 43.6 Å². The first-order chi connectivity index (χ1) is 17.5. The normalized spacial score (nSPS) is 24.0. The highest BCUT2D eigenvalue weighted by Crippen LogP contribution is 2.47. The van der Waals surface area contributed by atoms with E-state index in [1.165, 1.54) is 5.56 Å². The van der Waals surface area contributed by atoms with Crippen LogP contribution in [-0.4, -0.2) is 51.0 Å². The molecular formula is C25H25F3N8. The van der Waals surface area contributed by atoms with Crippen LogP contribution < -0.4 is 16.4 Å². The third-order valence-corrected chi connectivity index (χ3v) is 6.83. The molecule has 0 radical (unpaired) electrons. The summed E-state index contributed by atoms with van der Waals surface area (Å²) in [5.41, 5.74) is 9.87. The average Bonchev–Trinajstić information content (AvgIpc) is 3.72.